The molecule has 1 aromatic rings. The van der Waals surface area contributed by atoms with E-state index in [-0.39, 0.29) is 10.9 Å². The Morgan fingerprint density at radius 1 is 1.43 bits per heavy atom. The van der Waals surface area contributed by atoms with Crippen molar-refractivity contribution in [3.8, 4) is 5.75 Å². The summed E-state index contributed by atoms with van der Waals surface area (Å²) in [5.41, 5.74) is 0.670. The number of amides is 1. The molecule has 1 aromatic carbocycles. The lowest BCUT2D eigenvalue weighted by Gasteiger charge is -2.13. The molecule has 0 bridgehead atoms. The lowest BCUT2D eigenvalue weighted by atomic mass is 10.3. The second-order valence-corrected chi connectivity index (χ2v) is 3.78. The second kappa shape index (κ2) is 5.00. The zero-order chi connectivity index (χ0) is 10.6. The zero-order valence-corrected chi connectivity index (χ0v) is 9.67. The van der Waals surface area contributed by atoms with Gasteiger partial charge in [-0.1, -0.05) is 12.1 Å². The van der Waals surface area contributed by atoms with Crippen molar-refractivity contribution in [2.45, 2.75) is 20.0 Å². The molecule has 0 aliphatic heterocycles. The molecule has 0 spiro atoms. The lowest BCUT2D eigenvalue weighted by molar-refractivity contribution is 0.243. The van der Waals surface area contributed by atoms with E-state index in [1.807, 2.05) is 32.0 Å². The third kappa shape index (κ3) is 3.38. The van der Waals surface area contributed by atoms with E-state index >= 15 is 0 Å². The Morgan fingerprint density at radius 2 is 2.07 bits per heavy atom. The number of halogens is 1. The normalized spacial score (nSPS) is 10.0. The van der Waals surface area contributed by atoms with Crippen LogP contribution < -0.4 is 10.1 Å². The van der Waals surface area contributed by atoms with Gasteiger partial charge >= 0.3 is 0 Å². The van der Waals surface area contributed by atoms with Gasteiger partial charge in [-0.3, -0.25) is 4.79 Å². The van der Waals surface area contributed by atoms with E-state index in [1.165, 1.54) is 0 Å². The summed E-state index contributed by atoms with van der Waals surface area (Å²) in [5.74, 6) is 0.676. The first-order chi connectivity index (χ1) is 6.59. The van der Waals surface area contributed by atoms with Gasteiger partial charge in [0.2, 0.25) is 0 Å². The highest BCUT2D eigenvalue weighted by Crippen LogP contribution is 2.25. The van der Waals surface area contributed by atoms with Gasteiger partial charge < -0.3 is 10.1 Å². The SMILES string of the molecule is CC(C)Oc1ccccc1NC(=O)Br. The van der Waals surface area contributed by atoms with E-state index in [1.54, 1.807) is 6.07 Å². The van der Waals surface area contributed by atoms with Gasteiger partial charge in [0.05, 0.1) is 11.8 Å². The summed E-state index contributed by atoms with van der Waals surface area (Å²) >= 11 is 2.81. The molecule has 4 heteroatoms. The summed E-state index contributed by atoms with van der Waals surface area (Å²) in [6.07, 6.45) is 0.0865. The molecule has 1 rings (SSSR count). The highest BCUT2D eigenvalue weighted by Gasteiger charge is 2.05. The molecule has 0 heterocycles. The van der Waals surface area contributed by atoms with Crippen molar-refractivity contribution in [1.82, 2.24) is 0 Å². The predicted molar refractivity (Wildman–Crippen MR) is 60.2 cm³/mol. The number of benzene rings is 1. The van der Waals surface area contributed by atoms with Crippen LogP contribution in [0.5, 0.6) is 5.75 Å². The van der Waals surface area contributed by atoms with Crippen LogP contribution in [0, 0.1) is 0 Å². The van der Waals surface area contributed by atoms with Crippen LogP contribution in [0.25, 0.3) is 0 Å². The Hall–Kier alpha value is -1.03. The molecule has 0 saturated heterocycles. The van der Waals surface area contributed by atoms with E-state index in [2.05, 4.69) is 21.2 Å². The van der Waals surface area contributed by atoms with E-state index in [9.17, 15) is 4.79 Å². The smallest absolute Gasteiger partial charge is 0.291 e. The summed E-state index contributed by atoms with van der Waals surface area (Å²) in [4.78, 5) is 10.5. The molecule has 1 N–H and O–H groups in total. The summed E-state index contributed by atoms with van der Waals surface area (Å²) in [6, 6.07) is 7.31. The van der Waals surface area contributed by atoms with Gasteiger partial charge in [-0.15, -0.1) is 0 Å². The van der Waals surface area contributed by atoms with Crippen molar-refractivity contribution >= 4 is 26.4 Å². The fourth-order valence-corrected chi connectivity index (χ4v) is 1.25. The van der Waals surface area contributed by atoms with Crippen LogP contribution in [0.2, 0.25) is 0 Å². The van der Waals surface area contributed by atoms with Crippen molar-refractivity contribution in [2.75, 3.05) is 5.32 Å². The maximum Gasteiger partial charge on any atom is 0.291 e. The number of carbonyl (C=O) groups excluding carboxylic acids is 1. The Labute approximate surface area is 91.6 Å². The molecule has 0 unspecified atom stereocenters. The maximum absolute atomic E-state index is 10.8. The number of nitrogens with one attached hydrogen (secondary N) is 1. The molecule has 76 valence electrons. The number of hydrogen-bond donors (Lipinski definition) is 1. The quantitative estimate of drug-likeness (QED) is 0.666. The summed E-state index contributed by atoms with van der Waals surface area (Å²) in [6.45, 7) is 3.87. The van der Waals surface area contributed by atoms with Crippen LogP contribution in [0.1, 0.15) is 13.8 Å². The number of anilines is 1. The molecular formula is C10H12BrNO2. The molecule has 1 amide bonds. The van der Waals surface area contributed by atoms with Crippen LogP contribution >= 0.6 is 15.9 Å². The fourth-order valence-electron chi connectivity index (χ4n) is 1.03. The highest BCUT2D eigenvalue weighted by molar-refractivity contribution is 9.18. The molecule has 0 aromatic heterocycles. The van der Waals surface area contributed by atoms with E-state index < -0.39 is 0 Å². The molecule has 0 fully saturated rings. The number of ether oxygens (including phenoxy) is 1. The van der Waals surface area contributed by atoms with Crippen molar-refractivity contribution < 1.29 is 9.53 Å². The molecular weight excluding hydrogens is 246 g/mol. The van der Waals surface area contributed by atoms with Crippen LogP contribution in [0.4, 0.5) is 10.5 Å². The topological polar surface area (TPSA) is 38.3 Å². The second-order valence-electron chi connectivity index (χ2n) is 3.06. The van der Waals surface area contributed by atoms with E-state index in [4.69, 9.17) is 4.74 Å². The van der Waals surface area contributed by atoms with E-state index in [0.717, 1.165) is 0 Å². The minimum atomic E-state index is -0.280. The fraction of sp³-hybridized carbons (Fsp3) is 0.300. The van der Waals surface area contributed by atoms with Crippen molar-refractivity contribution in [1.29, 1.82) is 0 Å². The van der Waals surface area contributed by atoms with E-state index in [0.29, 0.717) is 11.4 Å². The van der Waals surface area contributed by atoms with Gasteiger partial charge in [0.1, 0.15) is 5.75 Å². The minimum Gasteiger partial charge on any atom is -0.489 e. The molecule has 0 atom stereocenters. The van der Waals surface area contributed by atoms with Crippen molar-refractivity contribution in [2.24, 2.45) is 0 Å². The van der Waals surface area contributed by atoms with Gasteiger partial charge in [-0.2, -0.15) is 0 Å². The van der Waals surface area contributed by atoms with Gasteiger partial charge in [0, 0.05) is 15.9 Å². The predicted octanol–water partition coefficient (Wildman–Crippen LogP) is 3.40. The monoisotopic (exact) mass is 257 g/mol. The molecule has 0 saturated carbocycles. The number of para-hydroxylation sites is 2. The van der Waals surface area contributed by atoms with Crippen molar-refractivity contribution in [3.05, 3.63) is 24.3 Å². The van der Waals surface area contributed by atoms with Crippen LogP contribution in [0.3, 0.4) is 0 Å². The number of hydrogen-bond acceptors (Lipinski definition) is 2. The third-order valence-electron chi connectivity index (χ3n) is 1.48. The van der Waals surface area contributed by atoms with Crippen LogP contribution in [0.15, 0.2) is 24.3 Å². The third-order valence-corrected chi connectivity index (χ3v) is 1.68. The summed E-state index contributed by atoms with van der Waals surface area (Å²) in [7, 11) is 0. The maximum atomic E-state index is 10.8. The minimum absolute atomic E-state index is 0.0865. The van der Waals surface area contributed by atoms with Crippen LogP contribution in [-0.2, 0) is 0 Å². The molecule has 3 nitrogen and oxygen atoms in total. The molecule has 0 aliphatic carbocycles. The Morgan fingerprint density at radius 3 is 2.64 bits per heavy atom. The average Bonchev–Trinajstić information content (AvgIpc) is 2.06. The average molecular weight is 258 g/mol. The zero-order valence-electron chi connectivity index (χ0n) is 8.08. The summed E-state index contributed by atoms with van der Waals surface area (Å²) < 4.78 is 5.51. The first-order valence-corrected chi connectivity index (χ1v) is 5.11. The van der Waals surface area contributed by atoms with Gasteiger partial charge in [0.15, 0.2) is 0 Å². The van der Waals surface area contributed by atoms with Crippen LogP contribution in [-0.4, -0.2) is 10.9 Å². The van der Waals surface area contributed by atoms with Gasteiger partial charge in [-0.05, 0) is 26.0 Å². The first-order valence-electron chi connectivity index (χ1n) is 4.31. The highest BCUT2D eigenvalue weighted by atomic mass is 79.9. The van der Waals surface area contributed by atoms with Crippen molar-refractivity contribution in [3.63, 3.8) is 0 Å². The molecule has 0 radical (unpaired) electrons. The first kappa shape index (κ1) is 11.0. The Bertz CT molecular complexity index is 326. The lowest BCUT2D eigenvalue weighted by Crippen LogP contribution is -2.09. The molecule has 14 heavy (non-hydrogen) atoms. The Balaban J connectivity index is 2.85. The standard InChI is InChI=1S/C10H12BrNO2/c1-7(2)14-9-6-4-3-5-8(9)12-10(11)13/h3-7H,1-2H3,(H,12,13). The largest absolute Gasteiger partial charge is 0.489 e. The Kier molecular flexibility index (Phi) is 3.95. The molecule has 0 aliphatic rings. The van der Waals surface area contributed by atoms with Gasteiger partial charge in [-0.25, -0.2) is 0 Å². The number of rotatable bonds is 3. The number of carbonyl (C=O) groups is 1. The summed E-state index contributed by atoms with van der Waals surface area (Å²) in [5, 5.41) is 2.63. The van der Waals surface area contributed by atoms with Gasteiger partial charge in [0.25, 0.3) is 4.82 Å².